The van der Waals surface area contributed by atoms with Gasteiger partial charge in [0.1, 0.15) is 11.5 Å². The number of aryl methyl sites for hydroxylation is 1. The van der Waals surface area contributed by atoms with Crippen molar-refractivity contribution < 1.29 is 28.3 Å². The molecule has 2 heterocycles. The van der Waals surface area contributed by atoms with Gasteiger partial charge in [-0.1, -0.05) is 35.9 Å². The largest absolute Gasteiger partial charge is 0.465 e. The second-order valence-electron chi connectivity index (χ2n) is 8.29. The Hall–Kier alpha value is -4.92. The summed E-state index contributed by atoms with van der Waals surface area (Å²) in [5, 5.41) is 5.02. The van der Waals surface area contributed by atoms with Crippen molar-refractivity contribution in [1.82, 2.24) is 5.32 Å². The Morgan fingerprint density at radius 1 is 0.946 bits per heavy atom. The number of methoxy groups -OCH3 is 1. The molecule has 1 aliphatic heterocycles. The molecule has 0 atom stereocenters. The number of benzene rings is 2. The van der Waals surface area contributed by atoms with Crippen LogP contribution in [0.2, 0.25) is 0 Å². The van der Waals surface area contributed by atoms with E-state index in [1.807, 2.05) is 25.1 Å². The normalized spacial score (nSPS) is 14.2. The average molecular weight is 500 g/mol. The molecule has 3 aromatic rings. The van der Waals surface area contributed by atoms with Gasteiger partial charge in [-0.2, -0.15) is 0 Å². The molecule has 4 rings (SSSR count). The first kappa shape index (κ1) is 25.2. The van der Waals surface area contributed by atoms with Crippen molar-refractivity contribution in [3.05, 3.63) is 101 Å². The summed E-state index contributed by atoms with van der Waals surface area (Å²) in [7, 11) is 1.25. The van der Waals surface area contributed by atoms with E-state index in [4.69, 9.17) is 9.15 Å². The lowest BCUT2D eigenvalue weighted by Gasteiger charge is -2.17. The first-order valence-electron chi connectivity index (χ1n) is 11.4. The molecule has 2 aromatic carbocycles. The molecule has 1 aromatic heterocycles. The molecule has 2 N–H and O–H groups in total. The number of furan rings is 1. The van der Waals surface area contributed by atoms with Gasteiger partial charge in [0.05, 0.1) is 24.8 Å². The maximum absolute atomic E-state index is 13.3. The van der Waals surface area contributed by atoms with Gasteiger partial charge >= 0.3 is 17.8 Å². The Morgan fingerprint density at radius 3 is 2.32 bits per heavy atom. The number of carbonyl (C=O) groups excluding carboxylic acids is 4. The molecule has 9 heteroatoms. The lowest BCUT2D eigenvalue weighted by atomic mass is 10.1. The number of ether oxygens (including phenoxy) is 1. The minimum atomic E-state index is -0.826. The molecule has 0 radical (unpaired) electrons. The van der Waals surface area contributed by atoms with Crippen LogP contribution in [0.25, 0.3) is 6.08 Å². The first-order valence-corrected chi connectivity index (χ1v) is 11.4. The fraction of sp³-hybridized carbons (Fsp3) is 0.143. The quantitative estimate of drug-likeness (QED) is 0.303. The number of allylic oxidation sites excluding steroid dienone is 1. The second-order valence-corrected chi connectivity index (χ2v) is 8.29. The van der Waals surface area contributed by atoms with E-state index in [9.17, 15) is 19.2 Å². The van der Waals surface area contributed by atoms with E-state index in [1.54, 1.807) is 55.5 Å². The molecular formula is C28H25N3O6. The molecule has 0 aliphatic carbocycles. The summed E-state index contributed by atoms with van der Waals surface area (Å²) in [6.07, 6.45) is 1.45. The summed E-state index contributed by atoms with van der Waals surface area (Å²) in [5.41, 5.74) is 2.84. The van der Waals surface area contributed by atoms with E-state index in [1.165, 1.54) is 18.1 Å². The molecular weight excluding hydrogens is 474 g/mol. The summed E-state index contributed by atoms with van der Waals surface area (Å²) < 4.78 is 10.6. The van der Waals surface area contributed by atoms with Crippen LogP contribution in [-0.2, 0) is 30.5 Å². The van der Waals surface area contributed by atoms with E-state index in [0.29, 0.717) is 28.6 Å². The topological polar surface area (TPSA) is 118 Å². The lowest BCUT2D eigenvalue weighted by molar-refractivity contribution is -0.136. The zero-order valence-corrected chi connectivity index (χ0v) is 20.5. The minimum Gasteiger partial charge on any atom is -0.465 e. The Kier molecular flexibility index (Phi) is 7.34. The number of carbonyl (C=O) groups is 4. The van der Waals surface area contributed by atoms with Crippen molar-refractivity contribution in [2.45, 2.75) is 20.4 Å². The minimum absolute atomic E-state index is 0.0495. The van der Waals surface area contributed by atoms with Gasteiger partial charge in [0.15, 0.2) is 0 Å². The Balaban J connectivity index is 1.47. The molecule has 0 saturated carbocycles. The zero-order valence-electron chi connectivity index (χ0n) is 20.5. The van der Waals surface area contributed by atoms with E-state index in [2.05, 4.69) is 10.6 Å². The van der Waals surface area contributed by atoms with Gasteiger partial charge in [-0.3, -0.25) is 19.3 Å². The van der Waals surface area contributed by atoms with E-state index in [-0.39, 0.29) is 17.7 Å². The SMILES string of the molecule is COC(=O)C1=C(C)N(c2ccccc2)C(=O)/C1=C/c1ccc(CNC(=O)C(=O)Nc2ccc(C)cc2)o1. The highest BCUT2D eigenvalue weighted by Gasteiger charge is 2.38. The highest BCUT2D eigenvalue weighted by atomic mass is 16.5. The highest BCUT2D eigenvalue weighted by molar-refractivity contribution is 6.39. The lowest BCUT2D eigenvalue weighted by Crippen LogP contribution is -2.34. The molecule has 9 nitrogen and oxygen atoms in total. The van der Waals surface area contributed by atoms with Crippen molar-refractivity contribution in [2.24, 2.45) is 0 Å². The molecule has 0 saturated heterocycles. The highest BCUT2D eigenvalue weighted by Crippen LogP contribution is 2.35. The maximum Gasteiger partial charge on any atom is 0.340 e. The van der Waals surface area contributed by atoms with Gasteiger partial charge in [0.25, 0.3) is 5.91 Å². The molecule has 0 bridgehead atoms. The van der Waals surface area contributed by atoms with Crippen molar-refractivity contribution in [2.75, 3.05) is 17.3 Å². The summed E-state index contributed by atoms with van der Waals surface area (Å²) in [6, 6.07) is 19.2. The maximum atomic E-state index is 13.3. The van der Waals surface area contributed by atoms with Gasteiger partial charge in [-0.15, -0.1) is 0 Å². The summed E-state index contributed by atoms with van der Waals surface area (Å²) in [5.74, 6) is -2.03. The predicted molar refractivity (Wildman–Crippen MR) is 137 cm³/mol. The van der Waals surface area contributed by atoms with E-state index in [0.717, 1.165) is 5.56 Å². The van der Waals surface area contributed by atoms with Crippen LogP contribution in [0.4, 0.5) is 11.4 Å². The average Bonchev–Trinajstić information content (AvgIpc) is 3.45. The zero-order chi connectivity index (χ0) is 26.5. The third-order valence-electron chi connectivity index (χ3n) is 5.71. The van der Waals surface area contributed by atoms with Gasteiger partial charge in [0, 0.05) is 17.1 Å². The van der Waals surface area contributed by atoms with Crippen LogP contribution in [0.3, 0.4) is 0 Å². The second kappa shape index (κ2) is 10.8. The smallest absolute Gasteiger partial charge is 0.340 e. The van der Waals surface area contributed by atoms with Gasteiger partial charge in [-0.25, -0.2) is 4.79 Å². The number of anilines is 2. The number of nitrogens with one attached hydrogen (secondary N) is 2. The Bertz CT molecular complexity index is 1420. The Labute approximate surface area is 213 Å². The number of rotatable bonds is 6. The number of nitrogens with zero attached hydrogens (tertiary/aromatic N) is 1. The van der Waals surface area contributed by atoms with Crippen molar-refractivity contribution >= 4 is 41.1 Å². The molecule has 0 fully saturated rings. The number of para-hydroxylation sites is 1. The number of hydrogen-bond acceptors (Lipinski definition) is 6. The molecule has 37 heavy (non-hydrogen) atoms. The molecule has 188 valence electrons. The predicted octanol–water partition coefficient (Wildman–Crippen LogP) is 3.72. The van der Waals surface area contributed by atoms with Crippen LogP contribution in [0.5, 0.6) is 0 Å². The van der Waals surface area contributed by atoms with Crippen LogP contribution in [0, 0.1) is 6.92 Å². The first-order chi connectivity index (χ1) is 17.8. The summed E-state index contributed by atoms with van der Waals surface area (Å²) in [6.45, 7) is 3.54. The fourth-order valence-electron chi connectivity index (χ4n) is 3.85. The van der Waals surface area contributed by atoms with Crippen molar-refractivity contribution in [1.29, 1.82) is 0 Å². The van der Waals surface area contributed by atoms with E-state index >= 15 is 0 Å². The molecule has 1 aliphatic rings. The van der Waals surface area contributed by atoms with Gasteiger partial charge in [-0.05, 0) is 56.3 Å². The Morgan fingerprint density at radius 2 is 1.65 bits per heavy atom. The number of hydrogen-bond donors (Lipinski definition) is 2. The molecule has 0 spiro atoms. The monoisotopic (exact) mass is 499 g/mol. The summed E-state index contributed by atoms with van der Waals surface area (Å²) >= 11 is 0. The van der Waals surface area contributed by atoms with Gasteiger partial charge < -0.3 is 19.8 Å². The number of amides is 3. The van der Waals surface area contributed by atoms with E-state index < -0.39 is 23.7 Å². The van der Waals surface area contributed by atoms with Crippen LogP contribution in [0.1, 0.15) is 24.0 Å². The standard InChI is InChI=1S/C28H25N3O6/c1-17-9-11-19(12-10-17)30-26(33)25(32)29-16-22-14-13-21(37-22)15-23-24(28(35)36-3)18(2)31(27(23)34)20-7-5-4-6-8-20/h4-15H,16H2,1-3H3,(H,29,32)(H,30,33)/b23-15+. The molecule has 3 amide bonds. The van der Waals surface area contributed by atoms with Crippen molar-refractivity contribution in [3.63, 3.8) is 0 Å². The third kappa shape index (κ3) is 5.51. The summed E-state index contributed by atoms with van der Waals surface area (Å²) in [4.78, 5) is 51.6. The van der Waals surface area contributed by atoms with Crippen LogP contribution in [-0.4, -0.2) is 30.8 Å². The molecule has 0 unspecified atom stereocenters. The fourth-order valence-corrected chi connectivity index (χ4v) is 3.85. The van der Waals surface area contributed by atoms with Gasteiger partial charge in [0.2, 0.25) is 0 Å². The van der Waals surface area contributed by atoms with Crippen LogP contribution in [0.15, 0.2) is 88.0 Å². The number of esters is 1. The van der Waals surface area contributed by atoms with Crippen LogP contribution >= 0.6 is 0 Å². The third-order valence-corrected chi connectivity index (χ3v) is 5.71. The van der Waals surface area contributed by atoms with Crippen LogP contribution < -0.4 is 15.5 Å². The van der Waals surface area contributed by atoms with Crippen molar-refractivity contribution in [3.8, 4) is 0 Å².